The Hall–Kier alpha value is -5.32. The quantitative estimate of drug-likeness (QED) is 0.275. The zero-order valence-electron chi connectivity index (χ0n) is 21.4. The molecule has 5 aromatic rings. The van der Waals surface area contributed by atoms with E-state index in [9.17, 15) is 14.0 Å². The van der Waals surface area contributed by atoms with Crippen LogP contribution >= 0.6 is 0 Å². The van der Waals surface area contributed by atoms with Crippen molar-refractivity contribution in [2.45, 2.75) is 6.92 Å². The van der Waals surface area contributed by atoms with Gasteiger partial charge in [-0.15, -0.1) is 0 Å². The van der Waals surface area contributed by atoms with Gasteiger partial charge in [0.15, 0.2) is 17.3 Å². The Morgan fingerprint density at radius 1 is 0.975 bits per heavy atom. The van der Waals surface area contributed by atoms with Gasteiger partial charge in [0, 0.05) is 42.0 Å². The van der Waals surface area contributed by atoms with Gasteiger partial charge in [-0.3, -0.25) is 19.1 Å². The summed E-state index contributed by atoms with van der Waals surface area (Å²) in [5.41, 5.74) is 0.359. The number of amides is 1. The first-order valence-corrected chi connectivity index (χ1v) is 12.1. The Morgan fingerprint density at radius 2 is 1.77 bits per heavy atom. The molecule has 0 aliphatic rings. The number of hydrogen-bond acceptors (Lipinski definition) is 7. The topological polar surface area (TPSA) is 105 Å². The number of fused-ring (bicyclic) bond motifs is 1. The minimum Gasteiger partial charge on any atom is -0.495 e. The molecular weight excluding hydrogens is 522 g/mol. The average molecular weight is 545 g/mol. The van der Waals surface area contributed by atoms with Crippen LogP contribution in [0.3, 0.4) is 0 Å². The second-order valence-electron chi connectivity index (χ2n) is 8.39. The van der Waals surface area contributed by atoms with Gasteiger partial charge in [-0.25, -0.2) is 13.8 Å². The highest BCUT2D eigenvalue weighted by Crippen LogP contribution is 2.31. The number of aromatic nitrogens is 3. The van der Waals surface area contributed by atoms with Crippen LogP contribution in [0.2, 0.25) is 0 Å². The average Bonchev–Trinajstić information content (AvgIpc) is 2.95. The number of carbonyl (C=O) groups excluding carboxylic acids is 1. The highest BCUT2D eigenvalue weighted by atomic mass is 19.1. The molecule has 0 saturated heterocycles. The number of anilines is 1. The molecule has 0 atom stereocenters. The molecular formula is C29H22F2N4O5. The summed E-state index contributed by atoms with van der Waals surface area (Å²) in [4.78, 5) is 35.0. The van der Waals surface area contributed by atoms with Crippen molar-refractivity contribution in [2.24, 2.45) is 0 Å². The van der Waals surface area contributed by atoms with Crippen molar-refractivity contribution < 1.29 is 27.8 Å². The molecule has 0 saturated carbocycles. The van der Waals surface area contributed by atoms with Crippen molar-refractivity contribution in [3.63, 3.8) is 0 Å². The number of halogens is 2. The van der Waals surface area contributed by atoms with Crippen LogP contribution in [-0.4, -0.2) is 34.2 Å². The number of hydrogen-bond donors (Lipinski definition) is 1. The van der Waals surface area contributed by atoms with E-state index in [-0.39, 0.29) is 35.1 Å². The molecule has 2 aromatic carbocycles. The number of ether oxygens (including phenoxy) is 3. The molecule has 40 heavy (non-hydrogen) atoms. The summed E-state index contributed by atoms with van der Waals surface area (Å²) in [6, 6.07) is 13.7. The maximum absolute atomic E-state index is 15.1. The van der Waals surface area contributed by atoms with Crippen LogP contribution in [0.4, 0.5) is 14.5 Å². The maximum Gasteiger partial charge on any atom is 0.271 e. The van der Waals surface area contributed by atoms with Crippen LogP contribution < -0.4 is 25.1 Å². The number of rotatable bonds is 8. The van der Waals surface area contributed by atoms with Gasteiger partial charge in [0.1, 0.15) is 28.4 Å². The molecule has 3 heterocycles. The molecule has 11 heteroatoms. The molecule has 0 aliphatic carbocycles. The summed E-state index contributed by atoms with van der Waals surface area (Å²) in [6.07, 6.45) is 4.42. The fourth-order valence-electron chi connectivity index (χ4n) is 3.96. The molecule has 0 radical (unpaired) electrons. The van der Waals surface area contributed by atoms with Crippen molar-refractivity contribution >= 4 is 22.6 Å². The van der Waals surface area contributed by atoms with Crippen molar-refractivity contribution in [3.8, 4) is 28.7 Å². The number of carbonyl (C=O) groups is 1. The largest absolute Gasteiger partial charge is 0.495 e. The van der Waals surface area contributed by atoms with E-state index in [2.05, 4.69) is 15.3 Å². The van der Waals surface area contributed by atoms with E-state index >= 15 is 4.39 Å². The lowest BCUT2D eigenvalue weighted by atomic mass is 10.2. The van der Waals surface area contributed by atoms with Crippen LogP contribution in [-0.2, 0) is 0 Å². The fraction of sp³-hybridized carbons (Fsp3) is 0.103. The summed E-state index contributed by atoms with van der Waals surface area (Å²) in [5.74, 6) is -1.32. The second-order valence-corrected chi connectivity index (χ2v) is 8.39. The van der Waals surface area contributed by atoms with Gasteiger partial charge in [0.05, 0.1) is 25.4 Å². The van der Waals surface area contributed by atoms with Gasteiger partial charge >= 0.3 is 0 Å². The van der Waals surface area contributed by atoms with E-state index in [4.69, 9.17) is 14.2 Å². The highest BCUT2D eigenvalue weighted by Gasteiger charge is 2.21. The van der Waals surface area contributed by atoms with E-state index in [1.165, 1.54) is 72.7 Å². The first-order chi connectivity index (χ1) is 19.4. The molecule has 5 rings (SSSR count). The zero-order chi connectivity index (χ0) is 28.2. The van der Waals surface area contributed by atoms with Gasteiger partial charge in [0.25, 0.3) is 11.5 Å². The third kappa shape index (κ3) is 5.30. The van der Waals surface area contributed by atoms with Crippen LogP contribution in [0.15, 0.2) is 84.0 Å². The lowest BCUT2D eigenvalue weighted by molar-refractivity contribution is 0.102. The molecule has 3 aromatic heterocycles. The first kappa shape index (κ1) is 26.3. The number of nitrogens with zero attached hydrogens (tertiary/aromatic N) is 3. The molecule has 1 amide bonds. The second kappa shape index (κ2) is 11.2. The minimum absolute atomic E-state index is 0.0532. The summed E-state index contributed by atoms with van der Waals surface area (Å²) < 4.78 is 46.0. The van der Waals surface area contributed by atoms with Gasteiger partial charge in [-0.1, -0.05) is 0 Å². The predicted octanol–water partition coefficient (Wildman–Crippen LogP) is 5.51. The van der Waals surface area contributed by atoms with Gasteiger partial charge < -0.3 is 19.5 Å². The Balaban J connectivity index is 1.42. The summed E-state index contributed by atoms with van der Waals surface area (Å²) >= 11 is 0. The van der Waals surface area contributed by atoms with Crippen LogP contribution in [0.1, 0.15) is 17.3 Å². The Bertz CT molecular complexity index is 1770. The lowest BCUT2D eigenvalue weighted by Gasteiger charge is -2.14. The van der Waals surface area contributed by atoms with Crippen molar-refractivity contribution in [3.05, 3.63) is 107 Å². The van der Waals surface area contributed by atoms with Crippen LogP contribution in [0.25, 0.3) is 16.7 Å². The lowest BCUT2D eigenvalue weighted by Crippen LogP contribution is -2.29. The number of pyridine rings is 3. The zero-order valence-corrected chi connectivity index (χ0v) is 21.4. The first-order valence-electron chi connectivity index (χ1n) is 12.1. The van der Waals surface area contributed by atoms with Crippen molar-refractivity contribution in [1.29, 1.82) is 0 Å². The summed E-state index contributed by atoms with van der Waals surface area (Å²) in [6.45, 7) is 1.91. The van der Waals surface area contributed by atoms with E-state index in [1.54, 1.807) is 19.1 Å². The summed E-state index contributed by atoms with van der Waals surface area (Å²) in [5, 5.41) is 2.54. The monoisotopic (exact) mass is 544 g/mol. The fourth-order valence-corrected chi connectivity index (χ4v) is 3.96. The third-order valence-corrected chi connectivity index (χ3v) is 5.85. The molecule has 0 fully saturated rings. The van der Waals surface area contributed by atoms with Crippen molar-refractivity contribution in [2.75, 3.05) is 19.0 Å². The molecule has 0 aliphatic heterocycles. The molecule has 9 nitrogen and oxygen atoms in total. The van der Waals surface area contributed by atoms with Gasteiger partial charge in [-0.2, -0.15) is 0 Å². The number of nitrogens with one attached hydrogen (secondary N) is 1. The summed E-state index contributed by atoms with van der Waals surface area (Å²) in [7, 11) is 1.51. The van der Waals surface area contributed by atoms with E-state index in [0.717, 1.165) is 6.07 Å². The highest BCUT2D eigenvalue weighted by molar-refractivity contribution is 6.06. The molecule has 1 N–H and O–H groups in total. The molecule has 0 unspecified atom stereocenters. The van der Waals surface area contributed by atoms with E-state index in [0.29, 0.717) is 22.5 Å². The van der Waals surface area contributed by atoms with Crippen LogP contribution in [0, 0.1) is 11.6 Å². The Labute approximate surface area is 226 Å². The molecule has 0 spiro atoms. The normalized spacial score (nSPS) is 10.8. The molecule has 0 bridgehead atoms. The van der Waals surface area contributed by atoms with Crippen molar-refractivity contribution in [1.82, 2.24) is 14.5 Å². The predicted molar refractivity (Wildman–Crippen MR) is 144 cm³/mol. The van der Waals surface area contributed by atoms with Crippen LogP contribution in [0.5, 0.6) is 23.0 Å². The van der Waals surface area contributed by atoms with Gasteiger partial charge in [-0.05, 0) is 49.4 Å². The van der Waals surface area contributed by atoms with E-state index < -0.39 is 23.1 Å². The maximum atomic E-state index is 15.1. The standard InChI is InChI=1S/C29H22F2N4O5/c1-3-39-24-11-13-35(19-7-4-17(30)5-8-19)29(37)26(24)28(36)34-18-6-9-23(21(31)14-18)40-25-10-12-32-22-15-20(38-2)16-33-27(22)25/h4-16H,3H2,1-2H3,(H,34,36). The molecule has 202 valence electrons. The smallest absolute Gasteiger partial charge is 0.271 e. The van der Waals surface area contributed by atoms with Gasteiger partial charge in [0.2, 0.25) is 0 Å². The Morgan fingerprint density at radius 3 is 2.50 bits per heavy atom. The third-order valence-electron chi connectivity index (χ3n) is 5.85. The number of methoxy groups -OCH3 is 1. The number of benzene rings is 2. The Kier molecular flexibility index (Phi) is 7.36. The SMILES string of the molecule is CCOc1ccn(-c2ccc(F)cc2)c(=O)c1C(=O)Nc1ccc(Oc2ccnc3cc(OC)cnc23)c(F)c1. The minimum atomic E-state index is -0.809. The van der Waals surface area contributed by atoms with E-state index in [1.807, 2.05) is 0 Å².